The maximum absolute atomic E-state index is 11.0. The van der Waals surface area contributed by atoms with E-state index < -0.39 is 0 Å². The van der Waals surface area contributed by atoms with Crippen LogP contribution in [0.15, 0.2) is 36.4 Å². The molecule has 0 aliphatic carbocycles. The molecule has 2 aromatic carbocycles. The number of aromatic nitrogens is 4. The summed E-state index contributed by atoms with van der Waals surface area (Å²) < 4.78 is 4.61. The minimum atomic E-state index is -0.177. The normalized spacial score (nSPS) is 10.8. The van der Waals surface area contributed by atoms with Gasteiger partial charge in [0.05, 0.1) is 18.1 Å². The number of hydrogen-bond donors (Lipinski definition) is 3. The SMILES string of the molecule is COC(=O)CCc1ccc2n[nH]c(C)c2c1.Cc1[nH]nc2ccc(CCCO)cc12. The minimum absolute atomic E-state index is 0.177. The number of aromatic amines is 2. The number of esters is 1. The highest BCUT2D eigenvalue weighted by Gasteiger charge is 2.05. The van der Waals surface area contributed by atoms with Crippen molar-refractivity contribution in [3.63, 3.8) is 0 Å². The Hall–Kier alpha value is -3.19. The van der Waals surface area contributed by atoms with Crippen LogP contribution in [0.2, 0.25) is 0 Å². The summed E-state index contributed by atoms with van der Waals surface area (Å²) in [6.07, 6.45) is 2.87. The number of rotatable bonds is 6. The van der Waals surface area contributed by atoms with E-state index in [1.165, 1.54) is 18.1 Å². The number of nitrogens with zero attached hydrogens (tertiary/aromatic N) is 2. The maximum atomic E-state index is 11.0. The maximum Gasteiger partial charge on any atom is 0.305 e. The summed E-state index contributed by atoms with van der Waals surface area (Å²) >= 11 is 0. The molecule has 7 heteroatoms. The van der Waals surface area contributed by atoms with E-state index in [1.54, 1.807) is 0 Å². The zero-order chi connectivity index (χ0) is 21.5. The summed E-state index contributed by atoms with van der Waals surface area (Å²) in [6, 6.07) is 12.3. The van der Waals surface area contributed by atoms with Crippen molar-refractivity contribution in [2.24, 2.45) is 0 Å². The fourth-order valence-electron chi connectivity index (χ4n) is 3.31. The Bertz CT molecular complexity index is 1130. The van der Waals surface area contributed by atoms with E-state index in [-0.39, 0.29) is 12.6 Å². The number of fused-ring (bicyclic) bond motifs is 2. The third kappa shape index (κ3) is 5.24. The first-order valence-corrected chi connectivity index (χ1v) is 10.1. The van der Waals surface area contributed by atoms with Crippen LogP contribution in [0, 0.1) is 13.8 Å². The number of carbonyl (C=O) groups is 1. The van der Waals surface area contributed by atoms with Gasteiger partial charge in [0.2, 0.25) is 0 Å². The largest absolute Gasteiger partial charge is 0.469 e. The fourth-order valence-corrected chi connectivity index (χ4v) is 3.31. The zero-order valence-electron chi connectivity index (χ0n) is 17.7. The first kappa shape index (κ1) is 21.5. The number of ether oxygens (including phenoxy) is 1. The molecule has 7 nitrogen and oxygen atoms in total. The highest BCUT2D eigenvalue weighted by molar-refractivity contribution is 5.82. The number of H-pyrrole nitrogens is 2. The van der Waals surface area contributed by atoms with Crippen molar-refractivity contribution >= 4 is 27.8 Å². The van der Waals surface area contributed by atoms with E-state index in [9.17, 15) is 4.79 Å². The molecule has 0 amide bonds. The van der Waals surface area contributed by atoms with Gasteiger partial charge in [-0.05, 0) is 68.5 Å². The molecule has 0 spiro atoms. The number of nitrogens with one attached hydrogen (secondary N) is 2. The molecule has 0 saturated heterocycles. The molecule has 4 rings (SSSR count). The van der Waals surface area contributed by atoms with E-state index in [2.05, 4.69) is 43.3 Å². The third-order valence-electron chi connectivity index (χ3n) is 5.09. The van der Waals surface area contributed by atoms with Crippen LogP contribution >= 0.6 is 0 Å². The molecule has 0 atom stereocenters. The van der Waals surface area contributed by atoms with Gasteiger partial charge in [-0.2, -0.15) is 10.2 Å². The molecule has 0 aliphatic rings. The summed E-state index contributed by atoms with van der Waals surface area (Å²) in [5.41, 5.74) is 6.51. The van der Waals surface area contributed by atoms with Gasteiger partial charge in [0.25, 0.3) is 0 Å². The van der Waals surface area contributed by atoms with Crippen LogP contribution in [0.25, 0.3) is 21.8 Å². The van der Waals surface area contributed by atoms with Gasteiger partial charge < -0.3 is 9.84 Å². The van der Waals surface area contributed by atoms with Crippen LogP contribution in [-0.4, -0.2) is 45.2 Å². The lowest BCUT2D eigenvalue weighted by atomic mass is 10.1. The van der Waals surface area contributed by atoms with Gasteiger partial charge in [-0.3, -0.25) is 15.0 Å². The van der Waals surface area contributed by atoms with Crippen molar-refractivity contribution in [3.05, 3.63) is 58.9 Å². The van der Waals surface area contributed by atoms with Gasteiger partial charge in [-0.25, -0.2) is 0 Å². The van der Waals surface area contributed by atoms with Crippen molar-refractivity contribution < 1.29 is 14.6 Å². The van der Waals surface area contributed by atoms with Gasteiger partial charge in [0.1, 0.15) is 0 Å². The van der Waals surface area contributed by atoms with Crippen molar-refractivity contribution in [1.29, 1.82) is 0 Å². The van der Waals surface area contributed by atoms with Crippen LogP contribution in [0.1, 0.15) is 35.4 Å². The molecule has 0 unspecified atom stereocenters. The first-order valence-electron chi connectivity index (χ1n) is 10.1. The summed E-state index contributed by atoms with van der Waals surface area (Å²) in [7, 11) is 1.41. The molecule has 2 heterocycles. The van der Waals surface area contributed by atoms with E-state index in [1.807, 2.05) is 32.0 Å². The standard InChI is InChI=1S/C12H14N2O2.C11H14N2O/c1-8-10-7-9(4-6-12(15)16-2)3-5-11(10)14-13-8;1-8-10-7-9(3-2-6-14)4-5-11(10)13-12-8/h3,5,7H,4,6H2,1-2H3,(H,13,14);4-5,7,14H,2-3,6H2,1H3,(H,12,13). The van der Waals surface area contributed by atoms with Crippen molar-refractivity contribution in [1.82, 2.24) is 20.4 Å². The molecule has 4 aromatic rings. The van der Waals surface area contributed by atoms with Gasteiger partial charge in [0, 0.05) is 35.2 Å². The Balaban J connectivity index is 0.000000172. The molecule has 3 N–H and O–H groups in total. The topological polar surface area (TPSA) is 104 Å². The number of aliphatic hydroxyl groups excluding tert-OH is 1. The minimum Gasteiger partial charge on any atom is -0.469 e. The lowest BCUT2D eigenvalue weighted by Crippen LogP contribution is -2.01. The quantitative estimate of drug-likeness (QED) is 0.421. The second-order valence-electron chi connectivity index (χ2n) is 7.30. The Morgan fingerprint density at radius 2 is 1.47 bits per heavy atom. The number of aliphatic hydroxyl groups is 1. The summed E-state index contributed by atoms with van der Waals surface area (Å²) in [4.78, 5) is 11.0. The highest BCUT2D eigenvalue weighted by atomic mass is 16.5. The number of hydrogen-bond acceptors (Lipinski definition) is 5. The zero-order valence-corrected chi connectivity index (χ0v) is 17.7. The van der Waals surface area contributed by atoms with Crippen molar-refractivity contribution in [3.8, 4) is 0 Å². The van der Waals surface area contributed by atoms with Gasteiger partial charge >= 0.3 is 5.97 Å². The number of methoxy groups -OCH3 is 1. The summed E-state index contributed by atoms with van der Waals surface area (Å²) in [5, 5.41) is 25.2. The molecular weight excluding hydrogens is 380 g/mol. The Labute approximate surface area is 175 Å². The van der Waals surface area contributed by atoms with E-state index in [4.69, 9.17) is 5.11 Å². The van der Waals surface area contributed by atoms with Crippen LogP contribution < -0.4 is 0 Å². The lowest BCUT2D eigenvalue weighted by molar-refractivity contribution is -0.140. The summed E-state index contributed by atoms with van der Waals surface area (Å²) in [6.45, 7) is 4.26. The van der Waals surface area contributed by atoms with Gasteiger partial charge in [0.15, 0.2) is 0 Å². The lowest BCUT2D eigenvalue weighted by Gasteiger charge is -2.00. The molecule has 0 fully saturated rings. The molecule has 0 aliphatic heterocycles. The predicted octanol–water partition coefficient (Wildman–Crippen LogP) is 3.77. The second kappa shape index (κ2) is 10.0. The number of benzene rings is 2. The Kier molecular flexibility index (Phi) is 7.19. The molecule has 0 bridgehead atoms. The Morgan fingerprint density at radius 3 is 1.97 bits per heavy atom. The molecule has 0 radical (unpaired) electrons. The van der Waals surface area contributed by atoms with E-state index in [0.717, 1.165) is 46.2 Å². The molecular formula is C23H28N4O3. The second-order valence-corrected chi connectivity index (χ2v) is 7.30. The van der Waals surface area contributed by atoms with Crippen LogP contribution in [-0.2, 0) is 22.4 Å². The van der Waals surface area contributed by atoms with E-state index in [0.29, 0.717) is 12.8 Å². The van der Waals surface area contributed by atoms with Gasteiger partial charge in [-0.15, -0.1) is 0 Å². The van der Waals surface area contributed by atoms with Crippen LogP contribution in [0.3, 0.4) is 0 Å². The number of aryl methyl sites for hydroxylation is 4. The monoisotopic (exact) mass is 408 g/mol. The highest BCUT2D eigenvalue weighted by Crippen LogP contribution is 2.18. The average Bonchev–Trinajstić information content (AvgIpc) is 3.33. The number of carbonyl (C=O) groups excluding carboxylic acids is 1. The molecule has 30 heavy (non-hydrogen) atoms. The third-order valence-corrected chi connectivity index (χ3v) is 5.09. The molecule has 0 saturated carbocycles. The smallest absolute Gasteiger partial charge is 0.305 e. The average molecular weight is 409 g/mol. The summed E-state index contributed by atoms with van der Waals surface area (Å²) in [5.74, 6) is -0.177. The first-order chi connectivity index (χ1) is 14.5. The van der Waals surface area contributed by atoms with Crippen LogP contribution in [0.4, 0.5) is 0 Å². The predicted molar refractivity (Wildman–Crippen MR) is 117 cm³/mol. The van der Waals surface area contributed by atoms with Gasteiger partial charge in [-0.1, -0.05) is 12.1 Å². The van der Waals surface area contributed by atoms with Crippen molar-refractivity contribution in [2.75, 3.05) is 13.7 Å². The van der Waals surface area contributed by atoms with E-state index >= 15 is 0 Å². The Morgan fingerprint density at radius 1 is 0.933 bits per heavy atom. The molecule has 2 aromatic heterocycles. The fraction of sp³-hybridized carbons (Fsp3) is 0.348. The molecule has 158 valence electrons. The van der Waals surface area contributed by atoms with Crippen LogP contribution in [0.5, 0.6) is 0 Å². The van der Waals surface area contributed by atoms with Crippen molar-refractivity contribution in [2.45, 2.75) is 39.5 Å².